The Kier molecular flexibility index (Phi) is 3.29. The largest absolute Gasteiger partial charge is 0.456 e. The van der Waals surface area contributed by atoms with Gasteiger partial charge in [-0.2, -0.15) is 0 Å². The lowest BCUT2D eigenvalue weighted by Crippen LogP contribution is -1.90. The molecule has 1 aromatic heterocycles. The minimum atomic E-state index is -0.547. The lowest BCUT2D eigenvalue weighted by Gasteiger charge is -2.18. The van der Waals surface area contributed by atoms with E-state index in [4.69, 9.17) is 15.4 Å². The highest BCUT2D eigenvalue weighted by atomic mass is 16.3. The van der Waals surface area contributed by atoms with Gasteiger partial charge in [0.05, 0.1) is 12.3 Å². The predicted molar refractivity (Wildman–Crippen MR) is 165 cm³/mol. The highest BCUT2D eigenvalue weighted by Gasteiger charge is 2.19. The molecule has 1 nitrogen and oxygen atoms in total. The lowest BCUT2D eigenvalue weighted by atomic mass is 9.85. The van der Waals surface area contributed by atoms with E-state index in [1.165, 1.54) is 0 Å². The van der Waals surface area contributed by atoms with Crippen LogP contribution >= 0.6 is 0 Å². The first-order chi connectivity index (χ1) is 23.1. The van der Waals surface area contributed by atoms with Crippen LogP contribution in [-0.4, -0.2) is 0 Å². The number of hydrogen-bond acceptors (Lipinski definition) is 1. The van der Waals surface area contributed by atoms with Gasteiger partial charge in [0.15, 0.2) is 0 Å². The Hall–Kier alpha value is -5.14. The average molecular weight is 506 g/mol. The summed E-state index contributed by atoms with van der Waals surface area (Å²) in [7, 11) is 0. The molecule has 0 radical (unpaired) electrons. The first-order valence-corrected chi connectivity index (χ1v) is 12.6. The molecule has 0 amide bonds. The van der Waals surface area contributed by atoms with Crippen LogP contribution < -0.4 is 0 Å². The molecule has 182 valence electrons. The summed E-state index contributed by atoms with van der Waals surface area (Å²) in [5, 5.41) is 4.23. The van der Waals surface area contributed by atoms with Crippen LogP contribution in [0, 0.1) is 0 Å². The van der Waals surface area contributed by atoms with Crippen LogP contribution in [0.25, 0.3) is 76.9 Å². The van der Waals surface area contributed by atoms with Crippen molar-refractivity contribution in [3.63, 3.8) is 0 Å². The standard InChI is InChI=1S/C38H24O/c1-2-12-26(13-3-1)37-29-15-6-8-17-31(29)38(32-18-9-7-16-30(32)37)33-19-10-20-35-34(33)24-36(39-35)28-22-21-25-11-4-5-14-27(25)23-28/h1-24H/i1D,2D,3D,6D,8D,12D,13D,15D,17D. The first kappa shape index (κ1) is 14.7. The maximum absolute atomic E-state index is 9.19. The van der Waals surface area contributed by atoms with Crippen molar-refractivity contribution in [2.24, 2.45) is 0 Å². The molecule has 0 fully saturated rings. The van der Waals surface area contributed by atoms with E-state index in [-0.39, 0.29) is 34.0 Å². The Balaban J connectivity index is 1.53. The summed E-state index contributed by atoms with van der Waals surface area (Å²) >= 11 is 0. The summed E-state index contributed by atoms with van der Waals surface area (Å²) in [4.78, 5) is 0. The average Bonchev–Trinajstić information content (AvgIpc) is 3.56. The van der Waals surface area contributed by atoms with Crippen molar-refractivity contribution in [1.82, 2.24) is 0 Å². The molecule has 1 heteroatoms. The van der Waals surface area contributed by atoms with Gasteiger partial charge in [-0.05, 0) is 72.8 Å². The number of furan rings is 1. The van der Waals surface area contributed by atoms with E-state index in [9.17, 15) is 1.37 Å². The van der Waals surface area contributed by atoms with E-state index >= 15 is 0 Å². The first-order valence-electron chi connectivity index (χ1n) is 17.1. The molecule has 0 N–H and O–H groups in total. The second kappa shape index (κ2) is 8.72. The highest BCUT2D eigenvalue weighted by Crippen LogP contribution is 2.46. The van der Waals surface area contributed by atoms with Crippen LogP contribution in [0.3, 0.4) is 0 Å². The fourth-order valence-corrected chi connectivity index (χ4v) is 5.55. The summed E-state index contributed by atoms with van der Waals surface area (Å²) in [5.41, 5.74) is 2.69. The number of fused-ring (bicyclic) bond motifs is 4. The second-order valence-corrected chi connectivity index (χ2v) is 9.44. The van der Waals surface area contributed by atoms with Crippen LogP contribution in [0.5, 0.6) is 0 Å². The maximum atomic E-state index is 9.19. The third kappa shape index (κ3) is 3.48. The number of rotatable bonds is 3. The van der Waals surface area contributed by atoms with E-state index in [2.05, 4.69) is 6.07 Å². The molecular formula is C38H24O. The number of benzene rings is 7. The molecule has 0 unspecified atom stereocenters. The molecule has 0 aliphatic carbocycles. The minimum absolute atomic E-state index is 0.0727. The summed E-state index contributed by atoms with van der Waals surface area (Å²) in [6.07, 6.45) is 0. The molecule has 0 spiro atoms. The second-order valence-electron chi connectivity index (χ2n) is 9.44. The van der Waals surface area contributed by atoms with E-state index in [0.29, 0.717) is 33.2 Å². The molecule has 1 heterocycles. The van der Waals surface area contributed by atoms with Gasteiger partial charge in [0.2, 0.25) is 0 Å². The van der Waals surface area contributed by atoms with Crippen LogP contribution in [0.4, 0.5) is 0 Å². The molecule has 0 saturated carbocycles. The Morgan fingerprint density at radius 2 is 1.15 bits per heavy atom. The smallest absolute Gasteiger partial charge is 0.135 e. The van der Waals surface area contributed by atoms with E-state index < -0.39 is 42.3 Å². The molecule has 8 aromatic rings. The van der Waals surface area contributed by atoms with E-state index in [0.717, 1.165) is 21.7 Å². The zero-order valence-electron chi connectivity index (χ0n) is 29.6. The van der Waals surface area contributed by atoms with Gasteiger partial charge in [-0.25, -0.2) is 0 Å². The van der Waals surface area contributed by atoms with Gasteiger partial charge < -0.3 is 4.42 Å². The Labute approximate surface area is 239 Å². The lowest BCUT2D eigenvalue weighted by molar-refractivity contribution is 0.632. The quantitative estimate of drug-likeness (QED) is 0.218. The maximum Gasteiger partial charge on any atom is 0.135 e. The third-order valence-corrected chi connectivity index (χ3v) is 7.27. The third-order valence-electron chi connectivity index (χ3n) is 7.27. The molecule has 0 bridgehead atoms. The zero-order valence-corrected chi connectivity index (χ0v) is 20.6. The summed E-state index contributed by atoms with van der Waals surface area (Å²) < 4.78 is 84.6. The van der Waals surface area contributed by atoms with Crippen LogP contribution in [0.15, 0.2) is 150 Å². The van der Waals surface area contributed by atoms with Gasteiger partial charge in [-0.1, -0.05) is 127 Å². The monoisotopic (exact) mass is 505 g/mol. The van der Waals surface area contributed by atoms with Gasteiger partial charge in [-0.3, -0.25) is 0 Å². The summed E-state index contributed by atoms with van der Waals surface area (Å²) in [6, 6.07) is 24.7. The molecule has 0 atom stereocenters. The van der Waals surface area contributed by atoms with Gasteiger partial charge in [0, 0.05) is 10.9 Å². The fraction of sp³-hybridized carbons (Fsp3) is 0. The topological polar surface area (TPSA) is 13.1 Å². The van der Waals surface area contributed by atoms with Crippen molar-refractivity contribution < 1.29 is 16.8 Å². The zero-order chi connectivity index (χ0) is 33.6. The van der Waals surface area contributed by atoms with Gasteiger partial charge >= 0.3 is 0 Å². The van der Waals surface area contributed by atoms with Crippen LogP contribution in [0.1, 0.15) is 12.3 Å². The van der Waals surface area contributed by atoms with Crippen molar-refractivity contribution in [2.75, 3.05) is 0 Å². The fourth-order valence-electron chi connectivity index (χ4n) is 5.55. The van der Waals surface area contributed by atoms with Crippen molar-refractivity contribution in [3.05, 3.63) is 145 Å². The molecular weight excluding hydrogens is 472 g/mol. The van der Waals surface area contributed by atoms with Gasteiger partial charge in [0.25, 0.3) is 0 Å². The molecule has 7 aromatic carbocycles. The molecule has 0 aliphatic heterocycles. The van der Waals surface area contributed by atoms with Gasteiger partial charge in [-0.15, -0.1) is 0 Å². The Morgan fingerprint density at radius 1 is 0.462 bits per heavy atom. The molecule has 0 aliphatic rings. The molecule has 8 rings (SSSR count). The van der Waals surface area contributed by atoms with E-state index in [1.54, 1.807) is 12.1 Å². The SMILES string of the molecule is [2H]c1c([2H])c([2H])c(-c2c3ccccc3c(-c3cccc4oc(-c5ccc6ccccc6c5)cc34)c3c([2H])c([2H])c([2H])c([2H])c23)c([2H])c1[2H]. The van der Waals surface area contributed by atoms with Crippen molar-refractivity contribution in [1.29, 1.82) is 0 Å². The summed E-state index contributed by atoms with van der Waals surface area (Å²) in [5.74, 6) is 0.634. The Morgan fingerprint density at radius 3 is 1.97 bits per heavy atom. The van der Waals surface area contributed by atoms with E-state index in [1.807, 2.05) is 72.8 Å². The van der Waals surface area contributed by atoms with Crippen LogP contribution in [0.2, 0.25) is 0 Å². The molecule has 39 heavy (non-hydrogen) atoms. The number of hydrogen-bond donors (Lipinski definition) is 0. The highest BCUT2D eigenvalue weighted by molar-refractivity contribution is 6.23. The predicted octanol–water partition coefficient (Wildman–Crippen LogP) is 10.9. The molecule has 0 saturated heterocycles. The van der Waals surface area contributed by atoms with Crippen molar-refractivity contribution >= 4 is 43.3 Å². The van der Waals surface area contributed by atoms with Gasteiger partial charge in [0.1, 0.15) is 11.3 Å². The summed E-state index contributed by atoms with van der Waals surface area (Å²) in [6.45, 7) is 0. The minimum Gasteiger partial charge on any atom is -0.456 e. The Bertz CT molecular complexity index is 2650. The van der Waals surface area contributed by atoms with Crippen LogP contribution in [-0.2, 0) is 0 Å². The normalized spacial score (nSPS) is 14.8. The van der Waals surface area contributed by atoms with Crippen molar-refractivity contribution in [2.45, 2.75) is 0 Å². The van der Waals surface area contributed by atoms with Crippen molar-refractivity contribution in [3.8, 4) is 33.6 Å².